The van der Waals surface area contributed by atoms with E-state index in [2.05, 4.69) is 10.6 Å². The molecule has 0 spiro atoms. The van der Waals surface area contributed by atoms with Crippen molar-refractivity contribution in [1.82, 2.24) is 5.32 Å². The number of carbonyl (C=O) groups is 2. The predicted molar refractivity (Wildman–Crippen MR) is 101 cm³/mol. The number of carbonyl (C=O) groups excluding carboxylic acids is 2. The summed E-state index contributed by atoms with van der Waals surface area (Å²) < 4.78 is 11.0. The minimum absolute atomic E-state index is 0.186. The molecule has 0 atom stereocenters. The second-order valence-corrected chi connectivity index (χ2v) is 5.52. The highest BCUT2D eigenvalue weighted by molar-refractivity contribution is 6.04. The smallest absolute Gasteiger partial charge is 0.262 e. The lowest BCUT2D eigenvalue weighted by Crippen LogP contribution is -2.27. The molecule has 138 valence electrons. The molecule has 0 radical (unpaired) electrons. The minimum Gasteiger partial charge on any atom is -0.490 e. The zero-order valence-corrected chi connectivity index (χ0v) is 15.1. The van der Waals surface area contributed by atoms with Gasteiger partial charge in [0.1, 0.15) is 0 Å². The summed E-state index contributed by atoms with van der Waals surface area (Å²) in [6.07, 6.45) is 0.841. The number of amides is 2. The van der Waals surface area contributed by atoms with Gasteiger partial charge >= 0.3 is 0 Å². The van der Waals surface area contributed by atoms with Gasteiger partial charge in [-0.25, -0.2) is 0 Å². The molecule has 0 aliphatic heterocycles. The van der Waals surface area contributed by atoms with Crippen LogP contribution in [0.1, 0.15) is 30.6 Å². The van der Waals surface area contributed by atoms with Crippen LogP contribution in [0, 0.1) is 0 Å². The van der Waals surface area contributed by atoms with Crippen LogP contribution in [-0.4, -0.2) is 31.6 Å². The van der Waals surface area contributed by atoms with Gasteiger partial charge in [-0.15, -0.1) is 0 Å². The highest BCUT2D eigenvalue weighted by Gasteiger charge is 2.13. The summed E-state index contributed by atoms with van der Waals surface area (Å²) in [5, 5.41) is 5.53. The first kappa shape index (κ1) is 19.3. The van der Waals surface area contributed by atoms with E-state index in [4.69, 9.17) is 9.47 Å². The Kier molecular flexibility index (Phi) is 7.49. The molecule has 0 unspecified atom stereocenters. The van der Waals surface area contributed by atoms with Gasteiger partial charge in [0.05, 0.1) is 17.9 Å². The van der Waals surface area contributed by atoms with Crippen molar-refractivity contribution < 1.29 is 19.1 Å². The number of nitrogens with one attached hydrogen (secondary N) is 2. The van der Waals surface area contributed by atoms with Gasteiger partial charge in [0.25, 0.3) is 11.8 Å². The van der Waals surface area contributed by atoms with Gasteiger partial charge in [-0.1, -0.05) is 31.2 Å². The van der Waals surface area contributed by atoms with Gasteiger partial charge in [-0.2, -0.15) is 0 Å². The molecule has 0 aliphatic carbocycles. The van der Waals surface area contributed by atoms with E-state index < -0.39 is 0 Å². The molecular formula is C20H24N2O4. The van der Waals surface area contributed by atoms with Crippen molar-refractivity contribution in [1.29, 1.82) is 0 Å². The Hall–Kier alpha value is -3.02. The third-order valence-electron chi connectivity index (χ3n) is 3.49. The van der Waals surface area contributed by atoms with Gasteiger partial charge in [0, 0.05) is 6.54 Å². The van der Waals surface area contributed by atoms with Crippen LogP contribution >= 0.6 is 0 Å². The first-order chi connectivity index (χ1) is 12.7. The molecular weight excluding hydrogens is 332 g/mol. The van der Waals surface area contributed by atoms with Crippen molar-refractivity contribution in [2.45, 2.75) is 20.3 Å². The summed E-state index contributed by atoms with van der Waals surface area (Å²) in [7, 11) is 0. The molecule has 2 N–H and O–H groups in total. The average molecular weight is 356 g/mol. The maximum atomic E-state index is 12.2. The van der Waals surface area contributed by atoms with Crippen LogP contribution in [0.25, 0.3) is 0 Å². The lowest BCUT2D eigenvalue weighted by molar-refractivity contribution is -0.118. The SMILES string of the molecule is CCCNC(=O)c1ccccc1NC(=O)COc1ccccc1OCC. The Morgan fingerprint density at radius 1 is 0.923 bits per heavy atom. The van der Waals surface area contributed by atoms with Gasteiger partial charge in [0.2, 0.25) is 0 Å². The van der Waals surface area contributed by atoms with E-state index in [0.29, 0.717) is 35.9 Å². The van der Waals surface area contributed by atoms with Gasteiger partial charge in [-0.3, -0.25) is 9.59 Å². The topological polar surface area (TPSA) is 76.7 Å². The minimum atomic E-state index is -0.355. The summed E-state index contributed by atoms with van der Waals surface area (Å²) in [6.45, 7) is 4.76. The van der Waals surface area contributed by atoms with Crippen LogP contribution in [0.2, 0.25) is 0 Å². The highest BCUT2D eigenvalue weighted by Crippen LogP contribution is 2.26. The number of ether oxygens (including phenoxy) is 2. The summed E-state index contributed by atoms with van der Waals surface area (Å²) >= 11 is 0. The molecule has 0 saturated carbocycles. The molecule has 0 fully saturated rings. The average Bonchev–Trinajstić information content (AvgIpc) is 2.66. The Morgan fingerprint density at radius 2 is 1.58 bits per heavy atom. The fourth-order valence-corrected chi connectivity index (χ4v) is 2.30. The van der Waals surface area contributed by atoms with Gasteiger partial charge in [-0.05, 0) is 37.6 Å². The van der Waals surface area contributed by atoms with E-state index >= 15 is 0 Å². The normalized spacial score (nSPS) is 10.1. The number of hydrogen-bond donors (Lipinski definition) is 2. The van der Waals surface area contributed by atoms with E-state index in [-0.39, 0.29) is 18.4 Å². The molecule has 2 aromatic rings. The second-order valence-electron chi connectivity index (χ2n) is 5.52. The van der Waals surface area contributed by atoms with Crippen molar-refractivity contribution in [3.05, 3.63) is 54.1 Å². The number of anilines is 1. The molecule has 26 heavy (non-hydrogen) atoms. The molecule has 0 aliphatic rings. The third-order valence-corrected chi connectivity index (χ3v) is 3.49. The highest BCUT2D eigenvalue weighted by atomic mass is 16.5. The molecule has 0 bridgehead atoms. The molecule has 2 rings (SSSR count). The van der Waals surface area contributed by atoms with Crippen LogP contribution < -0.4 is 20.1 Å². The summed E-state index contributed by atoms with van der Waals surface area (Å²) in [4.78, 5) is 24.4. The van der Waals surface area contributed by atoms with E-state index in [1.165, 1.54) is 0 Å². The zero-order valence-electron chi connectivity index (χ0n) is 15.1. The summed E-state index contributed by atoms with van der Waals surface area (Å²) in [6, 6.07) is 14.0. The van der Waals surface area contributed by atoms with Crippen molar-refractivity contribution in [2.24, 2.45) is 0 Å². The second kappa shape index (κ2) is 10.1. The Balaban J connectivity index is 1.99. The molecule has 6 heteroatoms. The van der Waals surface area contributed by atoms with Crippen molar-refractivity contribution in [2.75, 3.05) is 25.1 Å². The van der Waals surface area contributed by atoms with Crippen LogP contribution in [0.4, 0.5) is 5.69 Å². The standard InChI is InChI=1S/C20H24N2O4/c1-3-13-21-20(24)15-9-5-6-10-16(15)22-19(23)14-26-18-12-8-7-11-17(18)25-4-2/h5-12H,3-4,13-14H2,1-2H3,(H,21,24)(H,22,23). The fraction of sp³-hybridized carbons (Fsp3) is 0.300. The van der Waals surface area contributed by atoms with Crippen LogP contribution in [-0.2, 0) is 4.79 Å². The van der Waals surface area contributed by atoms with E-state index in [1.54, 1.807) is 36.4 Å². The number of rotatable bonds is 9. The quantitative estimate of drug-likeness (QED) is 0.723. The van der Waals surface area contributed by atoms with E-state index in [0.717, 1.165) is 6.42 Å². The molecule has 2 aromatic carbocycles. The van der Waals surface area contributed by atoms with Crippen LogP contribution in [0.3, 0.4) is 0 Å². The maximum Gasteiger partial charge on any atom is 0.262 e. The molecule has 2 amide bonds. The largest absolute Gasteiger partial charge is 0.490 e. The van der Waals surface area contributed by atoms with Gasteiger partial charge < -0.3 is 20.1 Å². The Bertz CT molecular complexity index is 746. The maximum absolute atomic E-state index is 12.2. The van der Waals surface area contributed by atoms with E-state index in [1.807, 2.05) is 26.0 Å². The zero-order chi connectivity index (χ0) is 18.8. The summed E-state index contributed by atoms with van der Waals surface area (Å²) in [5.41, 5.74) is 0.872. The van der Waals surface area contributed by atoms with Crippen LogP contribution in [0.5, 0.6) is 11.5 Å². The Labute approximate surface area is 153 Å². The first-order valence-corrected chi connectivity index (χ1v) is 8.67. The van der Waals surface area contributed by atoms with Crippen molar-refractivity contribution in [3.8, 4) is 11.5 Å². The number of benzene rings is 2. The number of para-hydroxylation sites is 3. The lowest BCUT2D eigenvalue weighted by Gasteiger charge is -2.13. The lowest BCUT2D eigenvalue weighted by atomic mass is 10.1. The molecule has 0 saturated heterocycles. The third kappa shape index (κ3) is 5.51. The Morgan fingerprint density at radius 3 is 2.27 bits per heavy atom. The van der Waals surface area contributed by atoms with Crippen molar-refractivity contribution in [3.63, 3.8) is 0 Å². The molecule has 0 aromatic heterocycles. The number of hydrogen-bond acceptors (Lipinski definition) is 4. The molecule has 0 heterocycles. The summed E-state index contributed by atoms with van der Waals surface area (Å²) in [5.74, 6) is 0.512. The predicted octanol–water partition coefficient (Wildman–Crippen LogP) is 3.24. The fourth-order valence-electron chi connectivity index (χ4n) is 2.30. The van der Waals surface area contributed by atoms with Crippen LogP contribution in [0.15, 0.2) is 48.5 Å². The monoisotopic (exact) mass is 356 g/mol. The molecule has 6 nitrogen and oxygen atoms in total. The van der Waals surface area contributed by atoms with Gasteiger partial charge in [0.15, 0.2) is 18.1 Å². The van der Waals surface area contributed by atoms with Crippen molar-refractivity contribution >= 4 is 17.5 Å². The van der Waals surface area contributed by atoms with E-state index in [9.17, 15) is 9.59 Å². The first-order valence-electron chi connectivity index (χ1n) is 8.67.